The van der Waals surface area contributed by atoms with Crippen LogP contribution < -0.4 is 15.6 Å². The van der Waals surface area contributed by atoms with E-state index < -0.39 is 40.3 Å². The lowest BCUT2D eigenvalue weighted by Gasteiger charge is -2.27. The van der Waals surface area contributed by atoms with Gasteiger partial charge in [0.05, 0.1) is 0 Å². The molecule has 0 amide bonds. The van der Waals surface area contributed by atoms with Gasteiger partial charge in [-0.25, -0.2) is 9.53 Å². The molecule has 2 unspecified atom stereocenters. The standard InChI is InChI=1S/C13H21FN4O4S/c1-6-4-5-9(14)10(7(6)2)8(3)11(18-23(17,20)21)12(15)22-13(16)19/h4-5,8,11,13,15,18-19H,16H2,1-3H3,(H2,17,20,21)/t8?,11-,13?/m0/s1. The Balaban J connectivity index is 3.31. The van der Waals surface area contributed by atoms with Crippen LogP contribution in [0.5, 0.6) is 0 Å². The van der Waals surface area contributed by atoms with Gasteiger partial charge in [-0.1, -0.05) is 13.0 Å². The first-order chi connectivity index (χ1) is 10.4. The molecule has 0 spiro atoms. The smallest absolute Gasteiger partial charge is 0.275 e. The van der Waals surface area contributed by atoms with E-state index >= 15 is 0 Å². The third-order valence-electron chi connectivity index (χ3n) is 3.51. The van der Waals surface area contributed by atoms with Crippen molar-refractivity contribution in [3.8, 4) is 0 Å². The van der Waals surface area contributed by atoms with Crippen molar-refractivity contribution < 1.29 is 22.7 Å². The topological polar surface area (TPSA) is 152 Å². The summed E-state index contributed by atoms with van der Waals surface area (Å²) in [6, 6.07) is 1.51. The summed E-state index contributed by atoms with van der Waals surface area (Å²) < 4.78 is 43.5. The molecule has 0 bridgehead atoms. The Morgan fingerprint density at radius 1 is 1.43 bits per heavy atom. The molecule has 8 nitrogen and oxygen atoms in total. The minimum Gasteiger partial charge on any atom is -0.437 e. The summed E-state index contributed by atoms with van der Waals surface area (Å²) in [6.45, 7) is 4.97. The van der Waals surface area contributed by atoms with Crippen LogP contribution in [0.25, 0.3) is 0 Å². The van der Waals surface area contributed by atoms with E-state index in [1.54, 1.807) is 19.9 Å². The van der Waals surface area contributed by atoms with Crippen LogP contribution in [0.1, 0.15) is 29.5 Å². The third kappa shape index (κ3) is 5.22. The average molecular weight is 348 g/mol. The summed E-state index contributed by atoms with van der Waals surface area (Å²) in [6.07, 6.45) is -1.82. The molecule has 130 valence electrons. The van der Waals surface area contributed by atoms with Crippen molar-refractivity contribution in [1.82, 2.24) is 4.72 Å². The van der Waals surface area contributed by atoms with Gasteiger partial charge in [0, 0.05) is 5.92 Å². The average Bonchev–Trinajstić information content (AvgIpc) is 2.38. The van der Waals surface area contributed by atoms with Gasteiger partial charge in [0.1, 0.15) is 11.9 Å². The van der Waals surface area contributed by atoms with E-state index in [9.17, 15) is 12.8 Å². The number of aryl methyl sites for hydroxylation is 1. The first-order valence-electron chi connectivity index (χ1n) is 6.68. The number of nitrogens with two attached hydrogens (primary N) is 2. The van der Waals surface area contributed by atoms with E-state index in [4.69, 9.17) is 21.4 Å². The largest absolute Gasteiger partial charge is 0.437 e. The molecule has 1 aromatic rings. The number of ether oxygens (including phenoxy) is 1. The van der Waals surface area contributed by atoms with Crippen LogP contribution >= 0.6 is 0 Å². The summed E-state index contributed by atoms with van der Waals surface area (Å²) in [4.78, 5) is 0. The van der Waals surface area contributed by atoms with Crippen molar-refractivity contribution in [1.29, 1.82) is 5.41 Å². The molecule has 0 heterocycles. The number of hydrogen-bond acceptors (Lipinski definition) is 6. The fourth-order valence-corrected chi connectivity index (χ4v) is 2.96. The fourth-order valence-electron chi connectivity index (χ4n) is 2.29. The molecule has 1 aromatic carbocycles. The molecule has 0 aliphatic heterocycles. The summed E-state index contributed by atoms with van der Waals surface area (Å²) in [7, 11) is -4.21. The molecular weight excluding hydrogens is 327 g/mol. The van der Waals surface area contributed by atoms with Crippen molar-refractivity contribution in [2.45, 2.75) is 39.1 Å². The molecule has 0 saturated carbocycles. The molecule has 0 aliphatic rings. The Kier molecular flexibility index (Phi) is 6.19. The monoisotopic (exact) mass is 348 g/mol. The maximum atomic E-state index is 14.2. The van der Waals surface area contributed by atoms with Crippen molar-refractivity contribution in [2.75, 3.05) is 0 Å². The van der Waals surface area contributed by atoms with E-state index in [0.717, 1.165) is 5.56 Å². The first-order valence-corrected chi connectivity index (χ1v) is 8.23. The molecule has 0 radical (unpaired) electrons. The van der Waals surface area contributed by atoms with Crippen molar-refractivity contribution in [3.05, 3.63) is 34.6 Å². The molecule has 0 fully saturated rings. The lowest BCUT2D eigenvalue weighted by molar-refractivity contribution is -0.0258. The lowest BCUT2D eigenvalue weighted by atomic mass is 9.88. The highest BCUT2D eigenvalue weighted by Gasteiger charge is 2.31. The quantitative estimate of drug-likeness (QED) is 0.277. The number of benzene rings is 1. The molecule has 0 aliphatic carbocycles. The van der Waals surface area contributed by atoms with Gasteiger partial charge in [-0.2, -0.15) is 13.1 Å². The molecule has 3 atom stereocenters. The van der Waals surface area contributed by atoms with Gasteiger partial charge in [0.15, 0.2) is 0 Å². The number of halogens is 1. The predicted molar refractivity (Wildman–Crippen MR) is 83.3 cm³/mol. The van der Waals surface area contributed by atoms with Crippen LogP contribution in [0.3, 0.4) is 0 Å². The molecule has 23 heavy (non-hydrogen) atoms. The van der Waals surface area contributed by atoms with Gasteiger partial charge in [0.25, 0.3) is 16.6 Å². The first kappa shape index (κ1) is 19.5. The second-order valence-corrected chi connectivity index (χ2v) is 6.53. The number of aliphatic hydroxyl groups excluding tert-OH is 1. The van der Waals surface area contributed by atoms with Crippen molar-refractivity contribution in [2.24, 2.45) is 10.9 Å². The van der Waals surface area contributed by atoms with E-state index in [1.165, 1.54) is 13.0 Å². The molecule has 1 rings (SSSR count). The van der Waals surface area contributed by atoms with Crippen LogP contribution in [-0.2, 0) is 14.9 Å². The molecule has 10 heteroatoms. The van der Waals surface area contributed by atoms with E-state index in [2.05, 4.69) is 4.74 Å². The zero-order valence-electron chi connectivity index (χ0n) is 13.0. The zero-order valence-corrected chi connectivity index (χ0v) is 13.8. The Morgan fingerprint density at radius 3 is 2.48 bits per heavy atom. The second-order valence-electron chi connectivity index (χ2n) is 5.20. The van der Waals surface area contributed by atoms with E-state index in [-0.39, 0.29) is 5.56 Å². The minimum atomic E-state index is -4.21. The van der Waals surface area contributed by atoms with Crippen molar-refractivity contribution in [3.63, 3.8) is 0 Å². The lowest BCUT2D eigenvalue weighted by Crippen LogP contribution is -2.49. The predicted octanol–water partition coefficient (Wildman–Crippen LogP) is -0.0638. The van der Waals surface area contributed by atoms with Crippen LogP contribution in [0, 0.1) is 25.1 Å². The Labute approximate surface area is 134 Å². The number of rotatable bonds is 6. The van der Waals surface area contributed by atoms with Crippen LogP contribution in [0.2, 0.25) is 0 Å². The van der Waals surface area contributed by atoms with E-state index in [0.29, 0.717) is 5.56 Å². The molecule has 0 saturated heterocycles. The minimum absolute atomic E-state index is 0.214. The molecule has 0 aromatic heterocycles. The highest BCUT2D eigenvalue weighted by Crippen LogP contribution is 2.28. The summed E-state index contributed by atoms with van der Waals surface area (Å²) in [5.74, 6) is -2.07. The maximum absolute atomic E-state index is 14.2. The Morgan fingerprint density at radius 2 is 2.00 bits per heavy atom. The van der Waals surface area contributed by atoms with Gasteiger partial charge in [0.2, 0.25) is 5.90 Å². The van der Waals surface area contributed by atoms with Gasteiger partial charge in [-0.05, 0) is 36.6 Å². The SMILES string of the molecule is Cc1ccc(F)c(C(C)[C@H](NS(N)(=O)=O)C(=N)OC(N)O)c1C. The Bertz CT molecular complexity index is 693. The number of aliphatic hydroxyl groups is 1. The third-order valence-corrected chi connectivity index (χ3v) is 4.09. The molecular formula is C13H21FN4O4S. The highest BCUT2D eigenvalue weighted by molar-refractivity contribution is 7.87. The molecule has 7 N–H and O–H groups in total. The van der Waals surface area contributed by atoms with Gasteiger partial charge < -0.3 is 9.84 Å². The zero-order chi connectivity index (χ0) is 17.9. The number of hydrogen-bond donors (Lipinski definition) is 5. The summed E-state index contributed by atoms with van der Waals surface area (Å²) in [5.41, 5.74) is 6.65. The van der Waals surface area contributed by atoms with Gasteiger partial charge in [-0.3, -0.25) is 11.1 Å². The van der Waals surface area contributed by atoms with Crippen molar-refractivity contribution >= 4 is 16.1 Å². The number of nitrogens with one attached hydrogen (secondary N) is 2. The van der Waals surface area contributed by atoms with E-state index in [1.807, 2.05) is 4.72 Å². The Hall–Kier alpha value is -1.59. The second kappa shape index (κ2) is 7.32. The maximum Gasteiger partial charge on any atom is 0.275 e. The normalized spacial score (nSPS) is 15.8. The van der Waals surface area contributed by atoms with Gasteiger partial charge >= 0.3 is 0 Å². The fraction of sp³-hybridized carbons (Fsp3) is 0.462. The van der Waals surface area contributed by atoms with Crippen LogP contribution in [-0.4, -0.2) is 31.9 Å². The highest BCUT2D eigenvalue weighted by atomic mass is 32.2. The van der Waals surface area contributed by atoms with Gasteiger partial charge in [-0.15, -0.1) is 0 Å². The summed E-state index contributed by atoms with van der Waals surface area (Å²) in [5, 5.41) is 21.7. The summed E-state index contributed by atoms with van der Waals surface area (Å²) >= 11 is 0. The van der Waals surface area contributed by atoms with Crippen LogP contribution in [0.15, 0.2) is 12.1 Å². The van der Waals surface area contributed by atoms with Crippen LogP contribution in [0.4, 0.5) is 4.39 Å².